The summed E-state index contributed by atoms with van der Waals surface area (Å²) in [6.07, 6.45) is 3.60. The van der Waals surface area contributed by atoms with E-state index in [4.69, 9.17) is 0 Å². The highest BCUT2D eigenvalue weighted by atomic mass is 79.9. The molecule has 2 aromatic heterocycles. The smallest absolute Gasteiger partial charge is 0.259 e. The van der Waals surface area contributed by atoms with Crippen LogP contribution in [0.25, 0.3) is 28.0 Å². The fourth-order valence-corrected chi connectivity index (χ4v) is 3.03. The fraction of sp³-hybridized carbons (Fsp3) is 0. The third kappa shape index (κ3) is 2.47. The highest BCUT2D eigenvalue weighted by Crippen LogP contribution is 2.26. The van der Waals surface area contributed by atoms with Gasteiger partial charge in [-0.1, -0.05) is 12.1 Å². The summed E-state index contributed by atoms with van der Waals surface area (Å²) >= 11 is 3.55. The average molecular weight is 367 g/mol. The molecule has 0 amide bonds. The molecule has 0 fully saturated rings. The zero-order valence-electron chi connectivity index (χ0n) is 11.9. The van der Waals surface area contributed by atoms with Gasteiger partial charge in [0.25, 0.3) is 5.56 Å². The highest BCUT2D eigenvalue weighted by molar-refractivity contribution is 9.10. The minimum atomic E-state index is -0.141. The number of rotatable bonds is 2. The lowest BCUT2D eigenvalue weighted by atomic mass is 10.1. The molecular weight excluding hydrogens is 356 g/mol. The average Bonchev–Trinajstić information content (AvgIpc) is 3.09. The number of hydrogen-bond donors (Lipinski definition) is 1. The van der Waals surface area contributed by atoms with Crippen molar-refractivity contribution in [2.75, 3.05) is 0 Å². The third-order valence-electron chi connectivity index (χ3n) is 3.59. The van der Waals surface area contributed by atoms with Gasteiger partial charge in [0.1, 0.15) is 5.82 Å². The van der Waals surface area contributed by atoms with Crippen LogP contribution >= 0.6 is 15.9 Å². The molecule has 23 heavy (non-hydrogen) atoms. The lowest BCUT2D eigenvalue weighted by Crippen LogP contribution is -2.09. The molecule has 0 aliphatic heterocycles. The van der Waals surface area contributed by atoms with Crippen LogP contribution in [0.3, 0.4) is 0 Å². The van der Waals surface area contributed by atoms with Gasteiger partial charge in [0.05, 0.1) is 16.6 Å². The summed E-state index contributed by atoms with van der Waals surface area (Å²) < 4.78 is 2.64. The van der Waals surface area contributed by atoms with E-state index < -0.39 is 0 Å². The number of aromatic nitrogens is 4. The molecule has 6 heteroatoms. The molecule has 0 saturated heterocycles. The Kier molecular flexibility index (Phi) is 3.31. The van der Waals surface area contributed by atoms with Crippen molar-refractivity contribution in [1.82, 2.24) is 19.7 Å². The van der Waals surface area contributed by atoms with Crippen LogP contribution in [0.5, 0.6) is 0 Å². The van der Waals surface area contributed by atoms with Crippen molar-refractivity contribution in [2.24, 2.45) is 0 Å². The second-order valence-corrected chi connectivity index (χ2v) is 5.90. The minimum Gasteiger partial charge on any atom is -0.306 e. The van der Waals surface area contributed by atoms with Gasteiger partial charge in [-0.05, 0) is 52.3 Å². The topological polar surface area (TPSA) is 63.6 Å². The van der Waals surface area contributed by atoms with E-state index in [1.54, 1.807) is 16.9 Å². The molecule has 4 aromatic rings. The van der Waals surface area contributed by atoms with Gasteiger partial charge in [0.2, 0.25) is 0 Å². The number of aromatic amines is 1. The van der Waals surface area contributed by atoms with Gasteiger partial charge < -0.3 is 4.98 Å². The Morgan fingerprint density at radius 2 is 1.96 bits per heavy atom. The lowest BCUT2D eigenvalue weighted by Gasteiger charge is -2.08. The van der Waals surface area contributed by atoms with Crippen LogP contribution in [0.2, 0.25) is 0 Å². The molecule has 2 aromatic carbocycles. The zero-order chi connectivity index (χ0) is 15.8. The molecule has 5 nitrogen and oxygen atoms in total. The van der Waals surface area contributed by atoms with Crippen molar-refractivity contribution in [3.63, 3.8) is 0 Å². The van der Waals surface area contributed by atoms with Crippen molar-refractivity contribution in [1.29, 1.82) is 0 Å². The molecule has 1 N–H and O–H groups in total. The van der Waals surface area contributed by atoms with Crippen LogP contribution in [0.4, 0.5) is 0 Å². The molecule has 0 radical (unpaired) electrons. The van der Waals surface area contributed by atoms with Gasteiger partial charge in [-0.3, -0.25) is 4.79 Å². The summed E-state index contributed by atoms with van der Waals surface area (Å²) in [5.41, 5.74) is 2.29. The van der Waals surface area contributed by atoms with Gasteiger partial charge in [-0.25, -0.2) is 9.67 Å². The summed E-state index contributed by atoms with van der Waals surface area (Å²) in [4.78, 5) is 19.6. The molecule has 4 rings (SSSR count). The Hall–Kier alpha value is -2.73. The van der Waals surface area contributed by atoms with Crippen LogP contribution in [-0.2, 0) is 0 Å². The molecule has 2 heterocycles. The van der Waals surface area contributed by atoms with E-state index in [0.717, 1.165) is 15.7 Å². The maximum Gasteiger partial charge on any atom is 0.259 e. The van der Waals surface area contributed by atoms with Crippen molar-refractivity contribution in [2.45, 2.75) is 0 Å². The lowest BCUT2D eigenvalue weighted by molar-refractivity contribution is 0.876. The van der Waals surface area contributed by atoms with Crippen molar-refractivity contribution >= 4 is 26.8 Å². The molecule has 0 unspecified atom stereocenters. The van der Waals surface area contributed by atoms with E-state index in [9.17, 15) is 4.79 Å². The summed E-state index contributed by atoms with van der Waals surface area (Å²) in [5.74, 6) is 0.543. The molecule has 0 saturated carbocycles. The van der Waals surface area contributed by atoms with Gasteiger partial charge in [0.15, 0.2) is 0 Å². The van der Waals surface area contributed by atoms with Gasteiger partial charge in [-0.2, -0.15) is 5.10 Å². The minimum absolute atomic E-state index is 0.141. The Morgan fingerprint density at radius 3 is 2.74 bits per heavy atom. The molecule has 0 aliphatic carbocycles. The zero-order valence-corrected chi connectivity index (χ0v) is 13.5. The van der Waals surface area contributed by atoms with Gasteiger partial charge >= 0.3 is 0 Å². The fourth-order valence-electron chi connectivity index (χ4n) is 2.47. The normalized spacial score (nSPS) is 11.0. The van der Waals surface area contributed by atoms with Crippen LogP contribution in [0, 0.1) is 0 Å². The Bertz CT molecular complexity index is 1050. The van der Waals surface area contributed by atoms with E-state index in [0.29, 0.717) is 16.7 Å². The van der Waals surface area contributed by atoms with E-state index in [1.165, 1.54) is 0 Å². The van der Waals surface area contributed by atoms with Crippen LogP contribution in [0.1, 0.15) is 0 Å². The van der Waals surface area contributed by atoms with Gasteiger partial charge in [0, 0.05) is 22.4 Å². The van der Waals surface area contributed by atoms with Crippen LogP contribution in [-0.4, -0.2) is 19.7 Å². The second-order valence-electron chi connectivity index (χ2n) is 5.05. The standard InChI is InChI=1S/C17H11BrN4O/c18-13-10-11(6-7-15(13)22-9-3-8-19-22)16-20-14-5-2-1-4-12(14)17(23)21-16/h1-10H,(H,20,21,23). The SMILES string of the molecule is O=c1[nH]c(-c2ccc(-n3cccn3)c(Br)c2)nc2ccccc12. The van der Waals surface area contributed by atoms with Crippen molar-refractivity contribution < 1.29 is 0 Å². The number of para-hydroxylation sites is 1. The highest BCUT2D eigenvalue weighted by Gasteiger charge is 2.09. The Labute approximate surface area is 139 Å². The number of benzene rings is 2. The molecule has 0 spiro atoms. The third-order valence-corrected chi connectivity index (χ3v) is 4.22. The number of hydrogen-bond acceptors (Lipinski definition) is 3. The first kappa shape index (κ1) is 13.9. The maximum absolute atomic E-state index is 12.2. The van der Waals surface area contributed by atoms with E-state index in [2.05, 4.69) is 31.0 Å². The molecule has 0 aliphatic rings. The van der Waals surface area contributed by atoms with Crippen LogP contribution < -0.4 is 5.56 Å². The monoisotopic (exact) mass is 366 g/mol. The molecule has 0 bridgehead atoms. The number of nitrogens with zero attached hydrogens (tertiary/aromatic N) is 3. The summed E-state index contributed by atoms with van der Waals surface area (Å²) in [5, 5.41) is 4.80. The quantitative estimate of drug-likeness (QED) is 0.590. The number of fused-ring (bicyclic) bond motifs is 1. The summed E-state index contributed by atoms with van der Waals surface area (Å²) in [7, 11) is 0. The number of H-pyrrole nitrogens is 1. The molecular formula is C17H11BrN4O. The van der Waals surface area contributed by atoms with Crippen molar-refractivity contribution in [3.05, 3.63) is 75.8 Å². The van der Waals surface area contributed by atoms with E-state index in [-0.39, 0.29) is 5.56 Å². The Morgan fingerprint density at radius 1 is 1.09 bits per heavy atom. The largest absolute Gasteiger partial charge is 0.306 e. The predicted octanol–water partition coefficient (Wildman–Crippen LogP) is 3.54. The van der Waals surface area contributed by atoms with E-state index in [1.807, 2.05) is 48.7 Å². The number of halogens is 1. The predicted molar refractivity (Wildman–Crippen MR) is 92.6 cm³/mol. The summed E-state index contributed by atoms with van der Waals surface area (Å²) in [6, 6.07) is 14.9. The first-order valence-corrected chi connectivity index (χ1v) is 7.81. The van der Waals surface area contributed by atoms with Crippen molar-refractivity contribution in [3.8, 4) is 17.1 Å². The van der Waals surface area contributed by atoms with Gasteiger partial charge in [-0.15, -0.1) is 0 Å². The molecule has 0 atom stereocenters. The number of nitrogens with one attached hydrogen (secondary N) is 1. The first-order valence-electron chi connectivity index (χ1n) is 7.01. The summed E-state index contributed by atoms with van der Waals surface area (Å²) in [6.45, 7) is 0. The maximum atomic E-state index is 12.2. The second kappa shape index (κ2) is 5.48. The van der Waals surface area contributed by atoms with Crippen LogP contribution in [0.15, 0.2) is 70.2 Å². The molecule has 112 valence electrons. The van der Waals surface area contributed by atoms with E-state index >= 15 is 0 Å². The Balaban J connectivity index is 1.85. The first-order chi connectivity index (χ1) is 11.2.